The number of hydrogen-bond acceptors (Lipinski definition) is 5. The van der Waals surface area contributed by atoms with E-state index in [0.29, 0.717) is 16.9 Å². The third-order valence-corrected chi connectivity index (χ3v) is 4.83. The van der Waals surface area contributed by atoms with E-state index in [1.807, 2.05) is 0 Å². The van der Waals surface area contributed by atoms with Gasteiger partial charge in [-0.1, -0.05) is 42.5 Å². The number of halogens is 3. The van der Waals surface area contributed by atoms with Crippen LogP contribution in [0.2, 0.25) is 0 Å². The van der Waals surface area contributed by atoms with Gasteiger partial charge in [-0.3, -0.25) is 4.79 Å². The summed E-state index contributed by atoms with van der Waals surface area (Å²) in [6.07, 6.45) is -3.43. The molecule has 178 valence electrons. The van der Waals surface area contributed by atoms with Crippen molar-refractivity contribution in [3.8, 4) is 11.8 Å². The Kier molecular flexibility index (Phi) is 7.89. The number of nitrogens with zero attached hydrogens (tertiary/aromatic N) is 1. The second-order valence-corrected chi connectivity index (χ2v) is 7.18. The molecule has 0 saturated carbocycles. The average molecular weight is 480 g/mol. The summed E-state index contributed by atoms with van der Waals surface area (Å²) in [6, 6.07) is 19.4. The largest absolute Gasteiger partial charge is 0.488 e. The van der Waals surface area contributed by atoms with Gasteiger partial charge >= 0.3 is 12.1 Å². The predicted molar refractivity (Wildman–Crippen MR) is 122 cm³/mol. The highest BCUT2D eigenvalue weighted by Gasteiger charge is 2.33. The van der Waals surface area contributed by atoms with E-state index in [1.54, 1.807) is 54.6 Å². The van der Waals surface area contributed by atoms with Gasteiger partial charge in [0, 0.05) is 5.56 Å². The fourth-order valence-corrected chi connectivity index (χ4v) is 3.08. The van der Waals surface area contributed by atoms with Gasteiger partial charge in [0.05, 0.1) is 23.9 Å². The maximum atomic E-state index is 13.2. The molecule has 6 nitrogen and oxygen atoms in total. The lowest BCUT2D eigenvalue weighted by Gasteiger charge is -2.13. The molecule has 3 aromatic carbocycles. The van der Waals surface area contributed by atoms with Gasteiger partial charge in [0.25, 0.3) is 5.91 Å². The number of nitriles is 1. The Hall–Kier alpha value is -4.58. The molecular weight excluding hydrogens is 461 g/mol. The number of esters is 1. The summed E-state index contributed by atoms with van der Waals surface area (Å²) in [5.74, 6) is -1.11. The van der Waals surface area contributed by atoms with Crippen LogP contribution < -0.4 is 10.1 Å². The summed E-state index contributed by atoms with van der Waals surface area (Å²) in [6.45, 7) is 0.124. The first-order chi connectivity index (χ1) is 16.7. The van der Waals surface area contributed by atoms with Crippen LogP contribution in [0.15, 0.2) is 78.4 Å². The quantitative estimate of drug-likeness (QED) is 0.270. The molecule has 1 N–H and O–H groups in total. The SMILES string of the molecule is COC(=O)c1ccc(COc2ccccc2/C=C(\C#N)C(=O)Nc2ccccc2C(F)(F)F)cc1. The zero-order valence-electron chi connectivity index (χ0n) is 18.4. The van der Waals surface area contributed by atoms with Crippen LogP contribution in [0.3, 0.4) is 0 Å². The Morgan fingerprint density at radius 1 is 1.00 bits per heavy atom. The second-order valence-electron chi connectivity index (χ2n) is 7.18. The highest BCUT2D eigenvalue weighted by Crippen LogP contribution is 2.34. The maximum Gasteiger partial charge on any atom is 0.418 e. The summed E-state index contributed by atoms with van der Waals surface area (Å²) in [7, 11) is 1.29. The lowest BCUT2D eigenvalue weighted by molar-refractivity contribution is -0.137. The number of amides is 1. The third-order valence-electron chi connectivity index (χ3n) is 4.83. The van der Waals surface area contributed by atoms with E-state index in [2.05, 4.69) is 10.1 Å². The minimum absolute atomic E-state index is 0.124. The van der Waals surface area contributed by atoms with E-state index in [9.17, 15) is 28.0 Å². The maximum absolute atomic E-state index is 13.2. The monoisotopic (exact) mass is 480 g/mol. The van der Waals surface area contributed by atoms with Gasteiger partial charge in [-0.15, -0.1) is 0 Å². The standard InChI is InChI=1S/C26H19F3N2O4/c1-34-25(33)18-12-10-17(11-13-18)16-35-23-9-5-2-6-19(23)14-20(15-30)24(32)31-22-8-4-3-7-21(22)26(27,28)29/h2-14H,16H2,1H3,(H,31,32)/b20-14+. The van der Waals surface area contributed by atoms with E-state index in [0.717, 1.165) is 17.7 Å². The Morgan fingerprint density at radius 2 is 1.66 bits per heavy atom. The van der Waals surface area contributed by atoms with Crippen LogP contribution in [0.25, 0.3) is 6.08 Å². The summed E-state index contributed by atoms with van der Waals surface area (Å²) in [5.41, 5.74) is -0.358. The zero-order valence-corrected chi connectivity index (χ0v) is 18.4. The van der Waals surface area contributed by atoms with E-state index in [1.165, 1.54) is 25.3 Å². The number of methoxy groups -OCH3 is 1. The second kappa shape index (κ2) is 11.0. The number of carbonyl (C=O) groups is 2. The van der Waals surface area contributed by atoms with E-state index in [-0.39, 0.29) is 6.61 Å². The predicted octanol–water partition coefficient (Wildman–Crippen LogP) is 5.62. The molecule has 0 aliphatic rings. The van der Waals surface area contributed by atoms with Crippen molar-refractivity contribution in [1.29, 1.82) is 5.26 Å². The number of anilines is 1. The van der Waals surface area contributed by atoms with Gasteiger partial charge < -0.3 is 14.8 Å². The molecule has 0 spiro atoms. The molecule has 0 aliphatic carbocycles. The number of benzene rings is 3. The molecule has 0 saturated heterocycles. The van der Waals surface area contributed by atoms with Crippen molar-refractivity contribution < 1.29 is 32.2 Å². The minimum atomic E-state index is -4.67. The van der Waals surface area contributed by atoms with Crippen molar-refractivity contribution in [1.82, 2.24) is 0 Å². The van der Waals surface area contributed by atoms with Crippen LogP contribution in [0.1, 0.15) is 27.0 Å². The molecule has 0 heterocycles. The fourth-order valence-electron chi connectivity index (χ4n) is 3.08. The van der Waals surface area contributed by atoms with Crippen LogP contribution in [0.5, 0.6) is 5.75 Å². The first kappa shape index (κ1) is 25.1. The molecule has 3 rings (SSSR count). The lowest BCUT2D eigenvalue weighted by Crippen LogP contribution is -2.17. The molecule has 0 atom stereocenters. The van der Waals surface area contributed by atoms with E-state index in [4.69, 9.17) is 4.74 Å². The van der Waals surface area contributed by atoms with Crippen LogP contribution in [-0.4, -0.2) is 19.0 Å². The van der Waals surface area contributed by atoms with Crippen LogP contribution in [0.4, 0.5) is 18.9 Å². The van der Waals surface area contributed by atoms with Crippen molar-refractivity contribution >= 4 is 23.6 Å². The van der Waals surface area contributed by atoms with Gasteiger partial charge in [0.15, 0.2) is 0 Å². The van der Waals surface area contributed by atoms with Crippen molar-refractivity contribution in [2.24, 2.45) is 0 Å². The summed E-state index contributed by atoms with van der Waals surface area (Å²) < 4.78 is 50.1. The van der Waals surface area contributed by atoms with Crippen LogP contribution >= 0.6 is 0 Å². The first-order valence-electron chi connectivity index (χ1n) is 10.2. The Balaban J connectivity index is 1.78. The molecule has 0 unspecified atom stereocenters. The molecule has 9 heteroatoms. The van der Waals surface area contributed by atoms with Crippen LogP contribution in [0, 0.1) is 11.3 Å². The number of rotatable bonds is 7. The number of hydrogen-bond donors (Lipinski definition) is 1. The smallest absolute Gasteiger partial charge is 0.418 e. The first-order valence-corrected chi connectivity index (χ1v) is 10.2. The fraction of sp³-hybridized carbons (Fsp3) is 0.115. The zero-order chi connectivity index (χ0) is 25.4. The molecule has 0 bridgehead atoms. The summed E-state index contributed by atoms with van der Waals surface area (Å²) in [5, 5.41) is 11.6. The molecule has 0 radical (unpaired) electrons. The molecule has 1 amide bonds. The van der Waals surface area contributed by atoms with Crippen molar-refractivity contribution in [2.45, 2.75) is 12.8 Å². The molecular formula is C26H19F3N2O4. The van der Waals surface area contributed by atoms with Crippen molar-refractivity contribution in [3.05, 3.63) is 101 Å². The third kappa shape index (κ3) is 6.48. The summed E-state index contributed by atoms with van der Waals surface area (Å²) >= 11 is 0. The van der Waals surface area contributed by atoms with Crippen molar-refractivity contribution in [2.75, 3.05) is 12.4 Å². The number of para-hydroxylation sites is 2. The van der Waals surface area contributed by atoms with Crippen molar-refractivity contribution in [3.63, 3.8) is 0 Å². The van der Waals surface area contributed by atoms with Gasteiger partial charge in [-0.05, 0) is 42.0 Å². The minimum Gasteiger partial charge on any atom is -0.488 e. The van der Waals surface area contributed by atoms with E-state index < -0.39 is 34.9 Å². The normalized spacial score (nSPS) is 11.3. The molecule has 0 fully saturated rings. The van der Waals surface area contributed by atoms with Gasteiger partial charge in [0.1, 0.15) is 24.0 Å². The number of nitrogens with one attached hydrogen (secondary N) is 1. The van der Waals surface area contributed by atoms with Gasteiger partial charge in [-0.25, -0.2) is 4.79 Å². The highest BCUT2D eigenvalue weighted by atomic mass is 19.4. The highest BCUT2D eigenvalue weighted by molar-refractivity contribution is 6.10. The number of carbonyl (C=O) groups excluding carboxylic acids is 2. The number of alkyl halides is 3. The molecule has 35 heavy (non-hydrogen) atoms. The molecule has 3 aromatic rings. The number of ether oxygens (including phenoxy) is 2. The van der Waals surface area contributed by atoms with Gasteiger partial charge in [0.2, 0.25) is 0 Å². The lowest BCUT2D eigenvalue weighted by atomic mass is 10.1. The Morgan fingerprint density at radius 3 is 2.31 bits per heavy atom. The Labute approximate surface area is 199 Å². The average Bonchev–Trinajstić information content (AvgIpc) is 2.86. The Bertz CT molecular complexity index is 1290. The van der Waals surface area contributed by atoms with Gasteiger partial charge in [-0.2, -0.15) is 18.4 Å². The van der Waals surface area contributed by atoms with Crippen LogP contribution in [-0.2, 0) is 22.3 Å². The topological polar surface area (TPSA) is 88.4 Å². The molecule has 0 aliphatic heterocycles. The van der Waals surface area contributed by atoms with E-state index >= 15 is 0 Å². The molecule has 0 aromatic heterocycles. The summed E-state index contributed by atoms with van der Waals surface area (Å²) in [4.78, 5) is 24.1.